The lowest BCUT2D eigenvalue weighted by Gasteiger charge is -2.26. The smallest absolute Gasteiger partial charge is 0.248 e. The van der Waals surface area contributed by atoms with Crippen LogP contribution in [0.25, 0.3) is 0 Å². The second-order valence-electron chi connectivity index (χ2n) is 7.35. The molecule has 1 atom stereocenters. The van der Waals surface area contributed by atoms with Crippen LogP contribution in [-0.4, -0.2) is 29.7 Å². The second-order valence-corrected chi connectivity index (χ2v) is 7.35. The molecule has 5 heteroatoms. The molecule has 1 spiro atoms. The summed E-state index contributed by atoms with van der Waals surface area (Å²) in [5.74, 6) is -1.01. The standard InChI is InChI=1S/C21H22N2O3/c1-14(24)16-7-3-4-8-17(16)20(26)22-13-19(25)23-18-9-5-2-6-15(18)12-21(23)10-11-21/h2-3,5-9,16H,4,10-13H2,1H3,(H,22,26). The first kappa shape index (κ1) is 16.8. The molecular weight excluding hydrogens is 328 g/mol. The molecule has 5 nitrogen and oxygen atoms in total. The van der Waals surface area contributed by atoms with Gasteiger partial charge in [-0.1, -0.05) is 36.4 Å². The fourth-order valence-corrected chi connectivity index (χ4v) is 4.08. The van der Waals surface area contributed by atoms with E-state index in [9.17, 15) is 14.4 Å². The number of para-hydroxylation sites is 1. The Bertz CT molecular complexity index is 849. The van der Waals surface area contributed by atoms with Gasteiger partial charge >= 0.3 is 0 Å². The molecule has 2 amide bonds. The van der Waals surface area contributed by atoms with E-state index in [1.165, 1.54) is 12.5 Å². The van der Waals surface area contributed by atoms with E-state index < -0.39 is 5.92 Å². The Morgan fingerprint density at radius 1 is 1.23 bits per heavy atom. The Morgan fingerprint density at radius 3 is 2.73 bits per heavy atom. The number of fused-ring (bicyclic) bond motifs is 1. The minimum Gasteiger partial charge on any atom is -0.343 e. The number of carbonyl (C=O) groups excluding carboxylic acids is 3. The van der Waals surface area contributed by atoms with Crippen molar-refractivity contribution in [2.24, 2.45) is 5.92 Å². The van der Waals surface area contributed by atoms with Gasteiger partial charge in [0.1, 0.15) is 5.78 Å². The highest BCUT2D eigenvalue weighted by Gasteiger charge is 2.55. The molecule has 26 heavy (non-hydrogen) atoms. The highest BCUT2D eigenvalue weighted by molar-refractivity contribution is 6.05. The summed E-state index contributed by atoms with van der Waals surface area (Å²) in [4.78, 5) is 39.0. The van der Waals surface area contributed by atoms with Crippen LogP contribution in [-0.2, 0) is 20.8 Å². The molecule has 0 aromatic heterocycles. The summed E-state index contributed by atoms with van der Waals surface area (Å²) >= 11 is 0. The van der Waals surface area contributed by atoms with E-state index in [-0.39, 0.29) is 29.7 Å². The molecule has 0 saturated heterocycles. The number of hydrogen-bond donors (Lipinski definition) is 1. The third kappa shape index (κ3) is 2.77. The van der Waals surface area contributed by atoms with Gasteiger partial charge < -0.3 is 10.2 Å². The quantitative estimate of drug-likeness (QED) is 0.848. The van der Waals surface area contributed by atoms with Crippen molar-refractivity contribution >= 4 is 23.3 Å². The Hall–Kier alpha value is -2.69. The molecule has 134 valence electrons. The van der Waals surface area contributed by atoms with Gasteiger partial charge in [-0.05, 0) is 44.2 Å². The highest BCUT2D eigenvalue weighted by atomic mass is 16.2. The monoisotopic (exact) mass is 350 g/mol. The van der Waals surface area contributed by atoms with Crippen LogP contribution in [0.15, 0.2) is 48.1 Å². The Kier molecular flexibility index (Phi) is 4.02. The van der Waals surface area contributed by atoms with Crippen molar-refractivity contribution < 1.29 is 14.4 Å². The molecule has 1 N–H and O–H groups in total. The van der Waals surface area contributed by atoms with Gasteiger partial charge in [-0.3, -0.25) is 14.4 Å². The van der Waals surface area contributed by atoms with Gasteiger partial charge in [-0.2, -0.15) is 0 Å². The summed E-state index contributed by atoms with van der Waals surface area (Å²) in [6.07, 6.45) is 8.93. The average Bonchev–Trinajstić information content (AvgIpc) is 3.32. The molecule has 1 heterocycles. The third-order valence-corrected chi connectivity index (χ3v) is 5.54. The van der Waals surface area contributed by atoms with E-state index in [0.29, 0.717) is 12.0 Å². The Morgan fingerprint density at radius 2 is 2.00 bits per heavy atom. The highest BCUT2D eigenvalue weighted by Crippen LogP contribution is 2.52. The van der Waals surface area contributed by atoms with Gasteiger partial charge in [0.2, 0.25) is 11.8 Å². The van der Waals surface area contributed by atoms with E-state index in [1.807, 2.05) is 29.2 Å². The largest absolute Gasteiger partial charge is 0.343 e. The van der Waals surface area contributed by atoms with Crippen LogP contribution in [0.3, 0.4) is 0 Å². The van der Waals surface area contributed by atoms with Crippen molar-refractivity contribution in [3.05, 3.63) is 53.6 Å². The summed E-state index contributed by atoms with van der Waals surface area (Å²) in [5, 5.41) is 2.73. The number of anilines is 1. The van der Waals surface area contributed by atoms with Crippen molar-refractivity contribution in [1.29, 1.82) is 0 Å². The second kappa shape index (κ2) is 6.24. The van der Waals surface area contributed by atoms with Gasteiger partial charge in [-0.15, -0.1) is 0 Å². The van der Waals surface area contributed by atoms with E-state index in [1.54, 1.807) is 12.2 Å². The molecule has 2 aliphatic carbocycles. The zero-order valence-electron chi connectivity index (χ0n) is 14.8. The summed E-state index contributed by atoms with van der Waals surface area (Å²) in [5.41, 5.74) is 2.52. The van der Waals surface area contributed by atoms with Crippen LogP contribution in [0.2, 0.25) is 0 Å². The molecule has 1 unspecified atom stereocenters. The molecule has 1 aliphatic heterocycles. The van der Waals surface area contributed by atoms with Crippen LogP contribution in [0.5, 0.6) is 0 Å². The summed E-state index contributed by atoms with van der Waals surface area (Å²) in [6.45, 7) is 1.42. The molecule has 0 bridgehead atoms. The lowest BCUT2D eigenvalue weighted by atomic mass is 9.89. The number of hydrogen-bond acceptors (Lipinski definition) is 3. The van der Waals surface area contributed by atoms with E-state index in [0.717, 1.165) is 24.9 Å². The number of Topliss-reactive ketones (excluding diaryl/α,β-unsaturated/α-hetero) is 1. The minimum atomic E-state index is -0.513. The zero-order valence-corrected chi connectivity index (χ0v) is 14.8. The number of benzene rings is 1. The summed E-state index contributed by atoms with van der Waals surface area (Å²) < 4.78 is 0. The maximum absolute atomic E-state index is 12.9. The average molecular weight is 350 g/mol. The van der Waals surface area contributed by atoms with Gasteiger partial charge in [0, 0.05) is 11.3 Å². The van der Waals surface area contributed by atoms with Gasteiger partial charge in [0.25, 0.3) is 0 Å². The Balaban J connectivity index is 1.45. The first-order valence-electron chi connectivity index (χ1n) is 9.08. The number of nitrogens with one attached hydrogen (secondary N) is 1. The van der Waals surface area contributed by atoms with Gasteiger partial charge in [-0.25, -0.2) is 0 Å². The van der Waals surface area contributed by atoms with Gasteiger partial charge in [0.15, 0.2) is 0 Å². The maximum Gasteiger partial charge on any atom is 0.248 e. The van der Waals surface area contributed by atoms with Crippen molar-refractivity contribution in [3.8, 4) is 0 Å². The fourth-order valence-electron chi connectivity index (χ4n) is 4.08. The first-order valence-corrected chi connectivity index (χ1v) is 9.08. The number of rotatable bonds is 4. The minimum absolute atomic E-state index is 0.0550. The number of ketones is 1. The lowest BCUT2D eigenvalue weighted by molar-refractivity contribution is -0.124. The summed E-state index contributed by atoms with van der Waals surface area (Å²) in [7, 11) is 0. The number of carbonyl (C=O) groups is 3. The van der Waals surface area contributed by atoms with E-state index in [2.05, 4.69) is 11.4 Å². The van der Waals surface area contributed by atoms with Crippen LogP contribution < -0.4 is 10.2 Å². The van der Waals surface area contributed by atoms with E-state index >= 15 is 0 Å². The van der Waals surface area contributed by atoms with Crippen molar-refractivity contribution in [2.45, 2.75) is 38.1 Å². The van der Waals surface area contributed by atoms with E-state index in [4.69, 9.17) is 0 Å². The summed E-state index contributed by atoms with van der Waals surface area (Å²) in [6, 6.07) is 7.98. The third-order valence-electron chi connectivity index (χ3n) is 5.54. The number of allylic oxidation sites excluding steroid dienone is 3. The Labute approximate surface area is 152 Å². The molecule has 1 aromatic rings. The number of nitrogens with zero attached hydrogens (tertiary/aromatic N) is 1. The van der Waals surface area contributed by atoms with Gasteiger partial charge in [0.05, 0.1) is 18.0 Å². The first-order chi connectivity index (χ1) is 12.5. The van der Waals surface area contributed by atoms with Crippen LogP contribution in [0, 0.1) is 5.92 Å². The molecule has 1 fully saturated rings. The molecule has 1 aromatic carbocycles. The number of amides is 2. The maximum atomic E-state index is 12.9. The van der Waals surface area contributed by atoms with Crippen LogP contribution in [0.1, 0.15) is 31.7 Å². The SMILES string of the molecule is CC(=O)C1C=CCC=C1C(=O)NCC(=O)N1c2ccccc2CC12CC2. The van der Waals surface area contributed by atoms with Crippen molar-refractivity contribution in [3.63, 3.8) is 0 Å². The molecule has 0 radical (unpaired) electrons. The zero-order chi connectivity index (χ0) is 18.3. The van der Waals surface area contributed by atoms with Crippen LogP contribution >= 0.6 is 0 Å². The van der Waals surface area contributed by atoms with Crippen molar-refractivity contribution in [1.82, 2.24) is 5.32 Å². The molecule has 1 saturated carbocycles. The predicted octanol–water partition coefficient (Wildman–Crippen LogP) is 2.32. The lowest BCUT2D eigenvalue weighted by Crippen LogP contribution is -2.46. The topological polar surface area (TPSA) is 66.5 Å². The predicted molar refractivity (Wildman–Crippen MR) is 98.6 cm³/mol. The molecule has 4 rings (SSSR count). The normalized spacial score (nSPS) is 22.0. The molecule has 3 aliphatic rings. The van der Waals surface area contributed by atoms with Crippen molar-refractivity contribution in [2.75, 3.05) is 11.4 Å². The fraction of sp³-hybridized carbons (Fsp3) is 0.381. The molecular formula is C21H22N2O3. The van der Waals surface area contributed by atoms with Crippen LogP contribution in [0.4, 0.5) is 5.69 Å².